The first-order valence-electron chi connectivity index (χ1n) is 5.74. The van der Waals surface area contributed by atoms with Gasteiger partial charge in [0.2, 0.25) is 0 Å². The first-order chi connectivity index (χ1) is 9.08. The Hall–Kier alpha value is -2.56. The van der Waals surface area contributed by atoms with Crippen molar-refractivity contribution in [1.29, 1.82) is 0 Å². The standard InChI is InChI=1S/C14H14N2O3/c1-9-3-2-6-16-13(9)8-19-10-4-5-12(15)11(7-10)14(17)18/h2-7H,8,15H2,1H3,(H,17,18). The molecule has 0 bridgehead atoms. The Bertz CT molecular complexity index is 611. The molecule has 1 aromatic carbocycles. The fourth-order valence-corrected chi connectivity index (χ4v) is 1.63. The fourth-order valence-electron chi connectivity index (χ4n) is 1.63. The van der Waals surface area contributed by atoms with Crippen LogP contribution in [0.1, 0.15) is 21.6 Å². The van der Waals surface area contributed by atoms with E-state index in [0.29, 0.717) is 5.75 Å². The number of aryl methyl sites for hydroxylation is 1. The van der Waals surface area contributed by atoms with Crippen LogP contribution >= 0.6 is 0 Å². The average molecular weight is 258 g/mol. The molecule has 0 atom stereocenters. The van der Waals surface area contributed by atoms with Gasteiger partial charge in [0.05, 0.1) is 11.3 Å². The highest BCUT2D eigenvalue weighted by Crippen LogP contribution is 2.20. The van der Waals surface area contributed by atoms with Crippen molar-refractivity contribution in [1.82, 2.24) is 4.98 Å². The second-order valence-corrected chi connectivity index (χ2v) is 4.11. The van der Waals surface area contributed by atoms with E-state index in [0.717, 1.165) is 11.3 Å². The molecule has 0 aliphatic heterocycles. The predicted molar refractivity (Wildman–Crippen MR) is 71.1 cm³/mol. The van der Waals surface area contributed by atoms with Crippen molar-refractivity contribution in [2.75, 3.05) is 5.73 Å². The van der Waals surface area contributed by atoms with E-state index in [9.17, 15) is 4.79 Å². The molecule has 0 unspecified atom stereocenters. The Labute approximate surface area is 110 Å². The predicted octanol–water partition coefficient (Wildman–Crippen LogP) is 2.25. The van der Waals surface area contributed by atoms with Gasteiger partial charge in [-0.3, -0.25) is 4.98 Å². The van der Waals surface area contributed by atoms with Crippen molar-refractivity contribution in [2.45, 2.75) is 13.5 Å². The minimum Gasteiger partial charge on any atom is -0.487 e. The quantitative estimate of drug-likeness (QED) is 0.821. The highest BCUT2D eigenvalue weighted by atomic mass is 16.5. The van der Waals surface area contributed by atoms with E-state index in [1.165, 1.54) is 12.1 Å². The molecule has 0 spiro atoms. The molecule has 98 valence electrons. The lowest BCUT2D eigenvalue weighted by Crippen LogP contribution is -2.04. The summed E-state index contributed by atoms with van der Waals surface area (Å²) in [6.45, 7) is 2.23. The molecule has 0 aliphatic rings. The van der Waals surface area contributed by atoms with Crippen LogP contribution in [0.15, 0.2) is 36.5 Å². The number of nitrogen functional groups attached to an aromatic ring is 1. The fraction of sp³-hybridized carbons (Fsp3) is 0.143. The molecular weight excluding hydrogens is 244 g/mol. The highest BCUT2D eigenvalue weighted by Gasteiger charge is 2.09. The third-order valence-corrected chi connectivity index (χ3v) is 2.75. The highest BCUT2D eigenvalue weighted by molar-refractivity contribution is 5.94. The van der Waals surface area contributed by atoms with Crippen molar-refractivity contribution < 1.29 is 14.6 Å². The van der Waals surface area contributed by atoms with Gasteiger partial charge in [-0.25, -0.2) is 4.79 Å². The van der Waals surface area contributed by atoms with Crippen LogP contribution in [0.25, 0.3) is 0 Å². The van der Waals surface area contributed by atoms with Crippen LogP contribution in [0.4, 0.5) is 5.69 Å². The molecule has 2 aromatic rings. The Morgan fingerprint density at radius 2 is 2.21 bits per heavy atom. The number of carboxylic acids is 1. The molecule has 19 heavy (non-hydrogen) atoms. The van der Waals surface area contributed by atoms with Crippen molar-refractivity contribution in [3.8, 4) is 5.75 Å². The number of rotatable bonds is 4. The number of benzene rings is 1. The molecular formula is C14H14N2O3. The zero-order valence-corrected chi connectivity index (χ0v) is 10.5. The maximum Gasteiger partial charge on any atom is 0.337 e. The minimum absolute atomic E-state index is 0.0373. The SMILES string of the molecule is Cc1cccnc1COc1ccc(N)c(C(=O)O)c1. The Kier molecular flexibility index (Phi) is 3.66. The molecule has 0 radical (unpaired) electrons. The Balaban J connectivity index is 2.14. The smallest absolute Gasteiger partial charge is 0.337 e. The molecule has 0 saturated carbocycles. The summed E-state index contributed by atoms with van der Waals surface area (Å²) in [6, 6.07) is 8.36. The maximum absolute atomic E-state index is 11.0. The summed E-state index contributed by atoms with van der Waals surface area (Å²) in [5.41, 5.74) is 7.67. The molecule has 5 heteroatoms. The second-order valence-electron chi connectivity index (χ2n) is 4.11. The molecule has 2 rings (SSSR count). The summed E-state index contributed by atoms with van der Waals surface area (Å²) in [6.07, 6.45) is 1.69. The number of hydrogen-bond donors (Lipinski definition) is 2. The molecule has 1 heterocycles. The lowest BCUT2D eigenvalue weighted by Gasteiger charge is -2.09. The van der Waals surface area contributed by atoms with Crippen LogP contribution in [-0.4, -0.2) is 16.1 Å². The van der Waals surface area contributed by atoms with Gasteiger partial charge in [-0.15, -0.1) is 0 Å². The topological polar surface area (TPSA) is 85.4 Å². The van der Waals surface area contributed by atoms with Crippen molar-refractivity contribution >= 4 is 11.7 Å². The van der Waals surface area contributed by atoms with E-state index < -0.39 is 5.97 Å². The molecule has 0 amide bonds. The van der Waals surface area contributed by atoms with Crippen molar-refractivity contribution in [3.05, 3.63) is 53.3 Å². The van der Waals surface area contributed by atoms with Gasteiger partial charge in [0, 0.05) is 11.9 Å². The first-order valence-corrected chi connectivity index (χ1v) is 5.74. The van der Waals surface area contributed by atoms with E-state index in [2.05, 4.69) is 4.98 Å². The lowest BCUT2D eigenvalue weighted by atomic mass is 10.1. The summed E-state index contributed by atoms with van der Waals surface area (Å²) in [4.78, 5) is 15.2. The zero-order chi connectivity index (χ0) is 13.8. The van der Waals surface area contributed by atoms with Crippen molar-refractivity contribution in [2.24, 2.45) is 0 Å². The maximum atomic E-state index is 11.0. The number of pyridine rings is 1. The van der Waals surface area contributed by atoms with Crippen LogP contribution in [0.3, 0.4) is 0 Å². The van der Waals surface area contributed by atoms with E-state index in [-0.39, 0.29) is 17.9 Å². The van der Waals surface area contributed by atoms with Gasteiger partial charge >= 0.3 is 5.97 Å². The Morgan fingerprint density at radius 3 is 2.89 bits per heavy atom. The average Bonchev–Trinajstić information content (AvgIpc) is 2.39. The summed E-state index contributed by atoms with van der Waals surface area (Å²) in [7, 11) is 0. The van der Waals surface area contributed by atoms with Crippen LogP contribution in [0.2, 0.25) is 0 Å². The number of nitrogens with two attached hydrogens (primary N) is 1. The third kappa shape index (κ3) is 3.01. The van der Waals surface area contributed by atoms with Gasteiger partial charge in [0.1, 0.15) is 12.4 Å². The number of nitrogens with zero attached hydrogens (tertiary/aromatic N) is 1. The molecule has 1 aromatic heterocycles. The number of anilines is 1. The van der Waals surface area contributed by atoms with Crippen LogP contribution in [0, 0.1) is 6.92 Å². The number of aromatic nitrogens is 1. The Morgan fingerprint density at radius 1 is 1.42 bits per heavy atom. The second kappa shape index (κ2) is 5.39. The largest absolute Gasteiger partial charge is 0.487 e. The normalized spacial score (nSPS) is 10.2. The molecule has 0 fully saturated rings. The molecule has 5 nitrogen and oxygen atoms in total. The van der Waals surface area contributed by atoms with Gasteiger partial charge in [-0.2, -0.15) is 0 Å². The monoisotopic (exact) mass is 258 g/mol. The molecule has 0 saturated heterocycles. The van der Waals surface area contributed by atoms with E-state index >= 15 is 0 Å². The van der Waals surface area contributed by atoms with Gasteiger partial charge < -0.3 is 15.6 Å². The third-order valence-electron chi connectivity index (χ3n) is 2.75. The zero-order valence-electron chi connectivity index (χ0n) is 10.5. The van der Waals surface area contributed by atoms with Crippen LogP contribution in [0.5, 0.6) is 5.75 Å². The number of carboxylic acid groups (broad SMARTS) is 1. The lowest BCUT2D eigenvalue weighted by molar-refractivity contribution is 0.0697. The van der Waals surface area contributed by atoms with Gasteiger partial charge in [0.15, 0.2) is 0 Å². The van der Waals surface area contributed by atoms with Crippen molar-refractivity contribution in [3.63, 3.8) is 0 Å². The summed E-state index contributed by atoms with van der Waals surface area (Å²) >= 11 is 0. The summed E-state index contributed by atoms with van der Waals surface area (Å²) in [5.74, 6) is -0.617. The first kappa shape index (κ1) is 12.9. The molecule has 0 aliphatic carbocycles. The summed E-state index contributed by atoms with van der Waals surface area (Å²) in [5, 5.41) is 8.97. The molecule has 3 N–H and O–H groups in total. The minimum atomic E-state index is -1.07. The number of carbonyl (C=O) groups is 1. The number of ether oxygens (including phenoxy) is 1. The number of aromatic carboxylic acids is 1. The summed E-state index contributed by atoms with van der Waals surface area (Å²) < 4.78 is 5.54. The van der Waals surface area contributed by atoms with E-state index in [1.807, 2.05) is 19.1 Å². The van der Waals surface area contributed by atoms with E-state index in [4.69, 9.17) is 15.6 Å². The number of hydrogen-bond acceptors (Lipinski definition) is 4. The van der Waals surface area contributed by atoms with Gasteiger partial charge in [-0.05, 0) is 36.8 Å². The van der Waals surface area contributed by atoms with E-state index in [1.54, 1.807) is 12.3 Å². The van der Waals surface area contributed by atoms with Crippen LogP contribution in [-0.2, 0) is 6.61 Å². The van der Waals surface area contributed by atoms with Gasteiger partial charge in [-0.1, -0.05) is 6.07 Å². The van der Waals surface area contributed by atoms with Crippen LogP contribution < -0.4 is 10.5 Å². The van der Waals surface area contributed by atoms with Gasteiger partial charge in [0.25, 0.3) is 0 Å².